The van der Waals surface area contributed by atoms with E-state index >= 15 is 0 Å². The maximum Gasteiger partial charge on any atom is 0.308 e. The number of anilines is 2. The molecule has 3 rings (SSSR count). The van der Waals surface area contributed by atoms with Crippen molar-refractivity contribution in [3.63, 3.8) is 0 Å². The van der Waals surface area contributed by atoms with Gasteiger partial charge in [0.2, 0.25) is 0 Å². The number of carbonyl (C=O) groups is 3. The van der Waals surface area contributed by atoms with Crippen molar-refractivity contribution in [2.75, 3.05) is 30.0 Å². The van der Waals surface area contributed by atoms with Gasteiger partial charge in [0, 0.05) is 12.2 Å². The van der Waals surface area contributed by atoms with Gasteiger partial charge in [0.05, 0.1) is 12.1 Å². The molecule has 0 bridgehead atoms. The Balaban J connectivity index is 1.44. The van der Waals surface area contributed by atoms with Crippen molar-refractivity contribution in [1.82, 2.24) is 0 Å². The van der Waals surface area contributed by atoms with E-state index in [1.54, 1.807) is 18.2 Å². The summed E-state index contributed by atoms with van der Waals surface area (Å²) in [6.45, 7) is 4.00. The highest BCUT2D eigenvalue weighted by Crippen LogP contribution is 2.31. The minimum atomic E-state index is -0.547. The van der Waals surface area contributed by atoms with Crippen LogP contribution in [0.25, 0.3) is 0 Å². The zero-order chi connectivity index (χ0) is 21.5. The van der Waals surface area contributed by atoms with Crippen molar-refractivity contribution in [2.45, 2.75) is 32.6 Å². The minimum Gasteiger partial charge on any atom is -0.482 e. The molecular weight excluding hydrogens is 384 g/mol. The van der Waals surface area contributed by atoms with E-state index in [4.69, 9.17) is 9.47 Å². The van der Waals surface area contributed by atoms with Crippen LogP contribution in [0.2, 0.25) is 0 Å². The van der Waals surface area contributed by atoms with Crippen LogP contribution in [0, 0.1) is 0 Å². The number of amides is 2. The van der Waals surface area contributed by atoms with Crippen molar-refractivity contribution >= 4 is 29.2 Å². The zero-order valence-corrected chi connectivity index (χ0v) is 17.2. The molecule has 1 N–H and O–H groups in total. The lowest BCUT2D eigenvalue weighted by atomic mass is 9.99. The maximum absolute atomic E-state index is 12.1. The number of fused-ring (bicyclic) bond motifs is 1. The average Bonchev–Trinajstić information content (AvgIpc) is 2.77. The monoisotopic (exact) mass is 410 g/mol. The molecule has 0 aromatic heterocycles. The summed E-state index contributed by atoms with van der Waals surface area (Å²) in [5, 5.41) is 2.71. The largest absolute Gasteiger partial charge is 0.482 e. The maximum atomic E-state index is 12.1. The summed E-state index contributed by atoms with van der Waals surface area (Å²) in [6.07, 6.45) is 1.03. The van der Waals surface area contributed by atoms with Crippen molar-refractivity contribution in [2.24, 2.45) is 0 Å². The van der Waals surface area contributed by atoms with E-state index in [0.717, 1.165) is 6.42 Å². The van der Waals surface area contributed by atoms with E-state index in [0.29, 0.717) is 23.0 Å². The fourth-order valence-electron chi connectivity index (χ4n) is 3.15. The highest BCUT2D eigenvalue weighted by molar-refractivity contribution is 5.98. The minimum absolute atomic E-state index is 0.0169. The van der Waals surface area contributed by atoms with Crippen LogP contribution in [0.4, 0.5) is 11.4 Å². The van der Waals surface area contributed by atoms with Gasteiger partial charge in [0.1, 0.15) is 5.75 Å². The van der Waals surface area contributed by atoms with Crippen LogP contribution in [0.5, 0.6) is 5.75 Å². The van der Waals surface area contributed by atoms with Gasteiger partial charge < -0.3 is 19.7 Å². The van der Waals surface area contributed by atoms with Gasteiger partial charge in [0.15, 0.2) is 13.2 Å². The molecule has 1 atom stereocenters. The molecule has 2 aromatic rings. The molecule has 7 heteroatoms. The van der Waals surface area contributed by atoms with Gasteiger partial charge in [-0.1, -0.05) is 38.1 Å². The van der Waals surface area contributed by atoms with E-state index in [9.17, 15) is 14.4 Å². The molecular formula is C23H26N2O5. The second-order valence-corrected chi connectivity index (χ2v) is 7.19. The van der Waals surface area contributed by atoms with E-state index in [1.165, 1.54) is 10.5 Å². The van der Waals surface area contributed by atoms with Crippen molar-refractivity contribution in [3.8, 4) is 5.75 Å². The predicted molar refractivity (Wildman–Crippen MR) is 114 cm³/mol. The van der Waals surface area contributed by atoms with Gasteiger partial charge in [-0.25, -0.2) is 0 Å². The third kappa shape index (κ3) is 5.37. The molecule has 2 aromatic carbocycles. The highest BCUT2D eigenvalue weighted by atomic mass is 16.5. The summed E-state index contributed by atoms with van der Waals surface area (Å²) >= 11 is 0. The van der Waals surface area contributed by atoms with Gasteiger partial charge in [-0.15, -0.1) is 0 Å². The van der Waals surface area contributed by atoms with E-state index in [2.05, 4.69) is 19.2 Å². The smallest absolute Gasteiger partial charge is 0.308 e. The number of nitrogens with zero attached hydrogens (tertiary/aromatic N) is 1. The van der Waals surface area contributed by atoms with Gasteiger partial charge >= 0.3 is 5.97 Å². The molecule has 1 aliphatic heterocycles. The number of carbonyl (C=O) groups excluding carboxylic acids is 3. The Morgan fingerprint density at radius 1 is 1.17 bits per heavy atom. The lowest BCUT2D eigenvalue weighted by molar-refractivity contribution is -0.147. The Morgan fingerprint density at radius 3 is 2.63 bits per heavy atom. The van der Waals surface area contributed by atoms with Gasteiger partial charge in [-0.05, 0) is 42.2 Å². The zero-order valence-electron chi connectivity index (χ0n) is 17.2. The SMILES string of the molecule is CC[C@H](C)c1ccc(NC(=O)COC(=O)CCN2C(=O)COc3ccccc32)cc1. The van der Waals surface area contributed by atoms with Gasteiger partial charge in [-0.3, -0.25) is 14.4 Å². The fourth-order valence-corrected chi connectivity index (χ4v) is 3.15. The molecule has 0 fully saturated rings. The number of hydrogen-bond acceptors (Lipinski definition) is 5. The normalized spacial score (nSPS) is 13.8. The number of nitrogens with one attached hydrogen (secondary N) is 1. The van der Waals surface area contributed by atoms with E-state index < -0.39 is 11.9 Å². The summed E-state index contributed by atoms with van der Waals surface area (Å²) < 4.78 is 10.4. The van der Waals surface area contributed by atoms with Crippen LogP contribution in [0.3, 0.4) is 0 Å². The van der Waals surface area contributed by atoms with Crippen LogP contribution >= 0.6 is 0 Å². The first kappa shape index (κ1) is 21.4. The van der Waals surface area contributed by atoms with E-state index in [-0.39, 0.29) is 32.1 Å². The summed E-state index contributed by atoms with van der Waals surface area (Å²) in [6, 6.07) is 14.8. The lowest BCUT2D eigenvalue weighted by Gasteiger charge is -2.28. The van der Waals surface area contributed by atoms with Crippen molar-refractivity contribution < 1.29 is 23.9 Å². The molecule has 7 nitrogen and oxygen atoms in total. The first-order valence-corrected chi connectivity index (χ1v) is 10.1. The number of benzene rings is 2. The Bertz CT molecular complexity index is 910. The summed E-state index contributed by atoms with van der Waals surface area (Å²) in [5.41, 5.74) is 2.49. The van der Waals surface area contributed by atoms with Crippen LogP contribution < -0.4 is 15.0 Å². The number of rotatable bonds is 8. The molecule has 0 spiro atoms. The number of para-hydroxylation sites is 2. The molecule has 2 amide bonds. The molecule has 0 aliphatic carbocycles. The quantitative estimate of drug-likeness (QED) is 0.674. The standard InChI is InChI=1S/C23H26N2O5/c1-3-16(2)17-8-10-18(11-9-17)24-21(26)14-30-23(28)12-13-25-19-6-4-5-7-20(19)29-15-22(25)27/h4-11,16H,3,12-15H2,1-2H3,(H,24,26)/t16-/m0/s1. The number of hydrogen-bond donors (Lipinski definition) is 1. The highest BCUT2D eigenvalue weighted by Gasteiger charge is 2.25. The van der Waals surface area contributed by atoms with Crippen LogP contribution in [0.15, 0.2) is 48.5 Å². The molecule has 1 heterocycles. The second-order valence-electron chi connectivity index (χ2n) is 7.19. The third-order valence-corrected chi connectivity index (χ3v) is 5.09. The first-order chi connectivity index (χ1) is 14.5. The third-order valence-electron chi connectivity index (χ3n) is 5.09. The van der Waals surface area contributed by atoms with Gasteiger partial charge in [0.25, 0.3) is 11.8 Å². The fraction of sp³-hybridized carbons (Fsp3) is 0.348. The molecule has 158 valence electrons. The Morgan fingerprint density at radius 2 is 1.90 bits per heavy atom. The van der Waals surface area contributed by atoms with Gasteiger partial charge in [-0.2, -0.15) is 0 Å². The first-order valence-electron chi connectivity index (χ1n) is 10.1. The topological polar surface area (TPSA) is 84.9 Å². The van der Waals surface area contributed by atoms with Crippen molar-refractivity contribution in [3.05, 3.63) is 54.1 Å². The summed E-state index contributed by atoms with van der Waals surface area (Å²) in [5.74, 6) is -0.119. The molecule has 0 radical (unpaired) electrons. The number of esters is 1. The molecule has 1 aliphatic rings. The van der Waals surface area contributed by atoms with Crippen LogP contribution in [-0.4, -0.2) is 37.5 Å². The van der Waals surface area contributed by atoms with E-state index in [1.807, 2.05) is 30.3 Å². The molecule has 0 unspecified atom stereocenters. The molecule has 0 saturated carbocycles. The second kappa shape index (κ2) is 9.91. The predicted octanol–water partition coefficient (Wildman–Crippen LogP) is 3.50. The Hall–Kier alpha value is -3.35. The average molecular weight is 410 g/mol. The summed E-state index contributed by atoms with van der Waals surface area (Å²) in [4.78, 5) is 37.7. The van der Waals surface area contributed by atoms with Crippen LogP contribution in [0.1, 0.15) is 38.2 Å². The van der Waals surface area contributed by atoms with Crippen molar-refractivity contribution in [1.29, 1.82) is 0 Å². The Kier molecular flexibility index (Phi) is 7.06. The molecule has 30 heavy (non-hydrogen) atoms. The summed E-state index contributed by atoms with van der Waals surface area (Å²) in [7, 11) is 0. The van der Waals surface area contributed by atoms with Crippen LogP contribution in [-0.2, 0) is 19.1 Å². The number of ether oxygens (including phenoxy) is 2. The molecule has 0 saturated heterocycles. The lowest BCUT2D eigenvalue weighted by Crippen LogP contribution is -2.40. The Labute approximate surface area is 176 Å².